The molecular formula is C20H22BrN3O. The van der Waals surface area contributed by atoms with Crippen molar-refractivity contribution in [1.82, 2.24) is 14.8 Å². The quantitative estimate of drug-likeness (QED) is 0.603. The standard InChI is InChI=1S/C20H22BrN3O/c1-11-12(2)14(4)19(15(5)13(11)3)24-10-22-23-20(24)16-7-8-18(25-6)17(21)9-16/h7-10H,1-6H3. The SMILES string of the molecule is COc1ccc(-c2nncn2-c2c(C)c(C)c(C)c(C)c2C)cc1Br. The zero-order chi connectivity index (χ0) is 18.3. The van der Waals surface area contributed by atoms with Crippen LogP contribution in [0.25, 0.3) is 17.1 Å². The highest BCUT2D eigenvalue weighted by atomic mass is 79.9. The Balaban J connectivity index is 2.24. The summed E-state index contributed by atoms with van der Waals surface area (Å²) in [6, 6.07) is 5.95. The average Bonchev–Trinajstić information content (AvgIpc) is 3.07. The summed E-state index contributed by atoms with van der Waals surface area (Å²) in [5.41, 5.74) is 8.64. The van der Waals surface area contributed by atoms with Crippen LogP contribution in [0, 0.1) is 34.6 Å². The van der Waals surface area contributed by atoms with Crippen molar-refractivity contribution in [3.63, 3.8) is 0 Å². The van der Waals surface area contributed by atoms with E-state index < -0.39 is 0 Å². The summed E-state index contributed by atoms with van der Waals surface area (Å²) in [4.78, 5) is 0. The minimum absolute atomic E-state index is 0.796. The van der Waals surface area contributed by atoms with Gasteiger partial charge in [-0.3, -0.25) is 4.57 Å². The summed E-state index contributed by atoms with van der Waals surface area (Å²) >= 11 is 3.55. The number of ether oxygens (including phenoxy) is 1. The summed E-state index contributed by atoms with van der Waals surface area (Å²) in [5.74, 6) is 1.61. The number of hydrogen-bond donors (Lipinski definition) is 0. The molecule has 1 aromatic heterocycles. The second-order valence-electron chi connectivity index (χ2n) is 6.35. The van der Waals surface area contributed by atoms with Crippen LogP contribution >= 0.6 is 15.9 Å². The van der Waals surface area contributed by atoms with Gasteiger partial charge in [-0.05, 0) is 96.6 Å². The first-order valence-electron chi connectivity index (χ1n) is 8.18. The number of aromatic nitrogens is 3. The van der Waals surface area contributed by atoms with Gasteiger partial charge in [0.1, 0.15) is 12.1 Å². The first-order valence-corrected chi connectivity index (χ1v) is 8.97. The van der Waals surface area contributed by atoms with Crippen molar-refractivity contribution in [1.29, 1.82) is 0 Å². The number of methoxy groups -OCH3 is 1. The van der Waals surface area contributed by atoms with Crippen LogP contribution in [0.1, 0.15) is 27.8 Å². The minimum Gasteiger partial charge on any atom is -0.496 e. The van der Waals surface area contributed by atoms with Gasteiger partial charge >= 0.3 is 0 Å². The summed E-state index contributed by atoms with van der Waals surface area (Å²) in [6.07, 6.45) is 1.79. The molecular weight excluding hydrogens is 378 g/mol. The third-order valence-electron chi connectivity index (χ3n) is 5.16. The van der Waals surface area contributed by atoms with Gasteiger partial charge in [-0.1, -0.05) is 0 Å². The van der Waals surface area contributed by atoms with Crippen LogP contribution in [-0.4, -0.2) is 21.9 Å². The summed E-state index contributed by atoms with van der Waals surface area (Å²) in [7, 11) is 1.66. The van der Waals surface area contributed by atoms with E-state index in [0.29, 0.717) is 0 Å². The Bertz CT molecular complexity index is 931. The molecule has 1 heterocycles. The van der Waals surface area contributed by atoms with Crippen molar-refractivity contribution in [2.24, 2.45) is 0 Å². The lowest BCUT2D eigenvalue weighted by atomic mass is 9.93. The predicted molar refractivity (Wildman–Crippen MR) is 105 cm³/mol. The number of benzene rings is 2. The molecule has 0 spiro atoms. The van der Waals surface area contributed by atoms with Crippen molar-refractivity contribution in [3.05, 3.63) is 56.8 Å². The molecule has 0 bridgehead atoms. The molecule has 2 aromatic carbocycles. The second kappa shape index (κ2) is 6.64. The zero-order valence-corrected chi connectivity index (χ0v) is 17.0. The van der Waals surface area contributed by atoms with Crippen molar-refractivity contribution in [2.45, 2.75) is 34.6 Å². The number of halogens is 1. The maximum Gasteiger partial charge on any atom is 0.168 e. The van der Waals surface area contributed by atoms with Gasteiger partial charge < -0.3 is 4.74 Å². The van der Waals surface area contributed by atoms with Crippen LogP contribution in [0.15, 0.2) is 29.0 Å². The predicted octanol–water partition coefficient (Wildman–Crippen LogP) is 5.25. The van der Waals surface area contributed by atoms with Gasteiger partial charge in [0.15, 0.2) is 5.82 Å². The van der Waals surface area contributed by atoms with Crippen LogP contribution in [0.3, 0.4) is 0 Å². The lowest BCUT2D eigenvalue weighted by Crippen LogP contribution is -2.07. The summed E-state index contributed by atoms with van der Waals surface area (Å²) in [6.45, 7) is 10.9. The Morgan fingerprint density at radius 2 is 1.52 bits per heavy atom. The van der Waals surface area contributed by atoms with E-state index in [-0.39, 0.29) is 0 Å². The average molecular weight is 400 g/mol. The first kappa shape index (κ1) is 17.7. The lowest BCUT2D eigenvalue weighted by molar-refractivity contribution is 0.412. The lowest BCUT2D eigenvalue weighted by Gasteiger charge is -2.20. The van der Waals surface area contributed by atoms with E-state index in [2.05, 4.69) is 65.3 Å². The molecule has 25 heavy (non-hydrogen) atoms. The van der Waals surface area contributed by atoms with Gasteiger partial charge in [0, 0.05) is 5.56 Å². The molecule has 0 saturated heterocycles. The summed E-state index contributed by atoms with van der Waals surface area (Å²) in [5, 5.41) is 8.55. The van der Waals surface area contributed by atoms with E-state index in [0.717, 1.165) is 27.3 Å². The zero-order valence-electron chi connectivity index (χ0n) is 15.4. The number of hydrogen-bond acceptors (Lipinski definition) is 3. The molecule has 0 aliphatic carbocycles. The molecule has 0 radical (unpaired) electrons. The van der Waals surface area contributed by atoms with E-state index in [4.69, 9.17) is 4.74 Å². The molecule has 0 unspecified atom stereocenters. The Hall–Kier alpha value is -2.14. The topological polar surface area (TPSA) is 39.9 Å². The fourth-order valence-corrected chi connectivity index (χ4v) is 3.78. The molecule has 0 aliphatic heterocycles. The van der Waals surface area contributed by atoms with Gasteiger partial charge in [-0.15, -0.1) is 10.2 Å². The van der Waals surface area contributed by atoms with Gasteiger partial charge in [0.05, 0.1) is 17.3 Å². The van der Waals surface area contributed by atoms with Gasteiger partial charge in [0.2, 0.25) is 0 Å². The Kier molecular flexibility index (Phi) is 4.69. The van der Waals surface area contributed by atoms with Gasteiger partial charge in [-0.25, -0.2) is 0 Å². The van der Waals surface area contributed by atoms with Gasteiger partial charge in [0.25, 0.3) is 0 Å². The van der Waals surface area contributed by atoms with E-state index in [1.54, 1.807) is 13.4 Å². The summed E-state index contributed by atoms with van der Waals surface area (Å²) < 4.78 is 8.30. The molecule has 130 valence electrons. The van der Waals surface area contributed by atoms with Crippen LogP contribution in [0.2, 0.25) is 0 Å². The van der Waals surface area contributed by atoms with Crippen LogP contribution in [0.5, 0.6) is 5.75 Å². The monoisotopic (exact) mass is 399 g/mol. The molecule has 0 fully saturated rings. The Labute approximate surface area is 157 Å². The van der Waals surface area contributed by atoms with Crippen LogP contribution in [0.4, 0.5) is 0 Å². The van der Waals surface area contributed by atoms with E-state index in [1.807, 2.05) is 18.2 Å². The van der Waals surface area contributed by atoms with E-state index in [1.165, 1.54) is 27.8 Å². The molecule has 3 aromatic rings. The molecule has 0 saturated carbocycles. The largest absolute Gasteiger partial charge is 0.496 e. The van der Waals surface area contributed by atoms with Crippen LogP contribution in [-0.2, 0) is 0 Å². The minimum atomic E-state index is 0.796. The molecule has 0 amide bonds. The van der Waals surface area contributed by atoms with Gasteiger partial charge in [-0.2, -0.15) is 0 Å². The van der Waals surface area contributed by atoms with E-state index in [9.17, 15) is 0 Å². The third kappa shape index (κ3) is 2.86. The van der Waals surface area contributed by atoms with Crippen LogP contribution < -0.4 is 4.74 Å². The number of rotatable bonds is 3. The molecule has 5 heteroatoms. The Morgan fingerprint density at radius 1 is 0.920 bits per heavy atom. The molecule has 0 atom stereocenters. The smallest absolute Gasteiger partial charge is 0.168 e. The Morgan fingerprint density at radius 3 is 2.08 bits per heavy atom. The van der Waals surface area contributed by atoms with Crippen molar-refractivity contribution < 1.29 is 4.74 Å². The van der Waals surface area contributed by atoms with Crippen molar-refractivity contribution >= 4 is 15.9 Å². The molecule has 3 rings (SSSR count). The first-order chi connectivity index (χ1) is 11.9. The highest BCUT2D eigenvalue weighted by Crippen LogP contribution is 2.34. The normalized spacial score (nSPS) is 11.0. The molecule has 4 nitrogen and oxygen atoms in total. The maximum atomic E-state index is 5.33. The number of nitrogens with zero attached hydrogens (tertiary/aromatic N) is 3. The van der Waals surface area contributed by atoms with Crippen molar-refractivity contribution in [3.8, 4) is 22.8 Å². The highest BCUT2D eigenvalue weighted by Gasteiger charge is 2.18. The fraction of sp³-hybridized carbons (Fsp3) is 0.300. The third-order valence-corrected chi connectivity index (χ3v) is 5.78. The van der Waals surface area contributed by atoms with E-state index >= 15 is 0 Å². The fourth-order valence-electron chi connectivity index (χ4n) is 3.24. The molecule has 0 N–H and O–H groups in total. The highest BCUT2D eigenvalue weighted by molar-refractivity contribution is 9.10. The maximum absolute atomic E-state index is 5.33. The van der Waals surface area contributed by atoms with Crippen molar-refractivity contribution in [2.75, 3.05) is 7.11 Å². The second-order valence-corrected chi connectivity index (χ2v) is 7.20. The molecule has 0 aliphatic rings.